The quantitative estimate of drug-likeness (QED) is 0.563. The number of aliphatic hydroxyl groups is 1. The summed E-state index contributed by atoms with van der Waals surface area (Å²) in [5, 5.41) is 9.74. The highest BCUT2D eigenvalue weighted by Gasteiger charge is 2.30. The van der Waals surface area contributed by atoms with E-state index in [-0.39, 0.29) is 0 Å². The molecule has 17 heavy (non-hydrogen) atoms. The third-order valence-electron chi connectivity index (χ3n) is 2.36. The summed E-state index contributed by atoms with van der Waals surface area (Å²) in [4.78, 5) is 0. The molecule has 0 spiro atoms. The molecule has 1 atom stereocenters. The van der Waals surface area contributed by atoms with Crippen LogP contribution in [0, 0.1) is 0 Å². The van der Waals surface area contributed by atoms with Crippen molar-refractivity contribution in [2.45, 2.75) is 39.5 Å². The summed E-state index contributed by atoms with van der Waals surface area (Å²) in [5.41, 5.74) is 2.22. The van der Waals surface area contributed by atoms with Gasteiger partial charge in [0.2, 0.25) is 0 Å². The summed E-state index contributed by atoms with van der Waals surface area (Å²) in [7, 11) is -0.886. The number of allylic oxidation sites excluding steroid dienone is 3. The van der Waals surface area contributed by atoms with Crippen molar-refractivity contribution in [3.8, 4) is 0 Å². The van der Waals surface area contributed by atoms with Crippen molar-refractivity contribution in [2.75, 3.05) is 14.2 Å². The first-order chi connectivity index (χ1) is 7.85. The van der Waals surface area contributed by atoms with E-state index in [1.54, 1.807) is 0 Å². The van der Waals surface area contributed by atoms with Gasteiger partial charge in [-0.1, -0.05) is 17.2 Å². The van der Waals surface area contributed by atoms with Gasteiger partial charge in [-0.2, -0.15) is 0 Å². The first-order valence-corrected chi connectivity index (χ1v) is 7.16. The Balaban J connectivity index is 4.47. The second kappa shape index (κ2) is 7.83. The normalized spacial score (nSPS) is 14.6. The van der Waals surface area contributed by atoms with Crippen LogP contribution in [0.4, 0.5) is 0 Å². The number of hydrogen-bond acceptors (Lipinski definition) is 4. The van der Waals surface area contributed by atoms with Gasteiger partial charge in [-0.15, -0.1) is 0 Å². The maximum absolute atomic E-state index is 11.8. The molecule has 0 saturated carbocycles. The van der Waals surface area contributed by atoms with E-state index in [1.807, 2.05) is 20.8 Å². The van der Waals surface area contributed by atoms with Crippen LogP contribution in [0.1, 0.15) is 33.6 Å². The van der Waals surface area contributed by atoms with E-state index >= 15 is 0 Å². The lowest BCUT2D eigenvalue weighted by Gasteiger charge is -2.17. The minimum absolute atomic E-state index is 0.815. The van der Waals surface area contributed by atoms with Gasteiger partial charge in [0.25, 0.3) is 0 Å². The Morgan fingerprint density at radius 3 is 2.24 bits per heavy atom. The highest BCUT2D eigenvalue weighted by atomic mass is 31.2. The largest absolute Gasteiger partial charge is 0.377 e. The summed E-state index contributed by atoms with van der Waals surface area (Å²) in [6.07, 6.45) is 5.37. The van der Waals surface area contributed by atoms with Gasteiger partial charge in [0.05, 0.1) is 0 Å². The van der Waals surface area contributed by atoms with Crippen LogP contribution < -0.4 is 0 Å². The summed E-state index contributed by atoms with van der Waals surface area (Å²) < 4.78 is 21.3. The Kier molecular flexibility index (Phi) is 7.64. The van der Waals surface area contributed by atoms with Crippen LogP contribution >= 0.6 is 7.60 Å². The summed E-state index contributed by atoms with van der Waals surface area (Å²) in [6, 6.07) is 0. The zero-order chi connectivity index (χ0) is 13.5. The average molecular weight is 262 g/mol. The molecule has 100 valence electrons. The minimum atomic E-state index is -3.41. The molecule has 0 rings (SSSR count). The predicted molar refractivity (Wildman–Crippen MR) is 70.1 cm³/mol. The Labute approximate surface area is 104 Å². The van der Waals surface area contributed by atoms with Gasteiger partial charge in [0.15, 0.2) is 5.85 Å². The van der Waals surface area contributed by atoms with Gasteiger partial charge in [0.1, 0.15) is 0 Å². The highest BCUT2D eigenvalue weighted by Crippen LogP contribution is 2.51. The first kappa shape index (κ1) is 16.6. The van der Waals surface area contributed by atoms with Crippen molar-refractivity contribution in [3.63, 3.8) is 0 Å². The van der Waals surface area contributed by atoms with Gasteiger partial charge in [-0.3, -0.25) is 4.57 Å². The van der Waals surface area contributed by atoms with Crippen LogP contribution in [-0.4, -0.2) is 25.2 Å². The monoisotopic (exact) mass is 262 g/mol. The second-order valence-corrected chi connectivity index (χ2v) is 6.49. The lowest BCUT2D eigenvalue weighted by atomic mass is 10.1. The van der Waals surface area contributed by atoms with E-state index in [0.29, 0.717) is 0 Å². The van der Waals surface area contributed by atoms with Crippen LogP contribution in [0.15, 0.2) is 23.3 Å². The molecule has 0 fully saturated rings. The van der Waals surface area contributed by atoms with E-state index in [1.165, 1.54) is 25.9 Å². The smallest absolute Gasteiger partial charge is 0.362 e. The van der Waals surface area contributed by atoms with E-state index in [2.05, 4.69) is 6.08 Å². The number of rotatable bonds is 7. The molecule has 0 aliphatic heterocycles. The van der Waals surface area contributed by atoms with Crippen molar-refractivity contribution in [3.05, 3.63) is 23.3 Å². The standard InChI is InChI=1S/C12H23O4P/c1-10(2)7-6-8-11(3)9-12(13)17(14,15-4)16-5/h7,9,12-13H,6,8H2,1-5H3. The first-order valence-electron chi connectivity index (χ1n) is 5.55. The van der Waals surface area contributed by atoms with Crippen molar-refractivity contribution < 1.29 is 18.7 Å². The molecule has 0 aromatic heterocycles. The van der Waals surface area contributed by atoms with Crippen LogP contribution in [0.25, 0.3) is 0 Å². The molecule has 4 nitrogen and oxygen atoms in total. The third kappa shape index (κ3) is 6.18. The van der Waals surface area contributed by atoms with Crippen molar-refractivity contribution in [2.24, 2.45) is 0 Å². The highest BCUT2D eigenvalue weighted by molar-refractivity contribution is 7.54. The molecule has 0 bridgehead atoms. The van der Waals surface area contributed by atoms with Crippen molar-refractivity contribution >= 4 is 7.60 Å². The molecule has 0 aromatic rings. The molecule has 1 N–H and O–H groups in total. The number of hydrogen-bond donors (Lipinski definition) is 1. The molecule has 0 aliphatic carbocycles. The molecule has 0 amide bonds. The molecule has 0 saturated heterocycles. The van der Waals surface area contributed by atoms with Crippen molar-refractivity contribution in [1.29, 1.82) is 0 Å². The van der Waals surface area contributed by atoms with Gasteiger partial charge in [-0.25, -0.2) is 0 Å². The van der Waals surface area contributed by atoms with E-state index in [4.69, 9.17) is 9.05 Å². The Bertz CT molecular complexity index is 321. The van der Waals surface area contributed by atoms with E-state index in [0.717, 1.165) is 18.4 Å². The Morgan fingerprint density at radius 1 is 1.29 bits per heavy atom. The third-order valence-corrected chi connectivity index (χ3v) is 4.17. The maximum atomic E-state index is 11.8. The SMILES string of the molecule is COP(=O)(OC)C(O)C=C(C)CCC=C(C)C. The molecule has 1 unspecified atom stereocenters. The topological polar surface area (TPSA) is 55.8 Å². The number of aliphatic hydroxyl groups excluding tert-OH is 1. The van der Waals surface area contributed by atoms with Gasteiger partial charge in [-0.05, 0) is 39.7 Å². The zero-order valence-corrected chi connectivity index (χ0v) is 12.2. The Hall–Kier alpha value is -0.410. The summed E-state index contributed by atoms with van der Waals surface area (Å²) in [6.45, 7) is 5.97. The fourth-order valence-electron chi connectivity index (χ4n) is 1.31. The molecule has 0 heterocycles. The molecule has 5 heteroatoms. The molecule has 0 radical (unpaired) electrons. The predicted octanol–water partition coefficient (Wildman–Crippen LogP) is 3.48. The average Bonchev–Trinajstić information content (AvgIpc) is 2.27. The molecule has 0 aliphatic rings. The summed E-state index contributed by atoms with van der Waals surface area (Å²) >= 11 is 0. The molecule has 0 aromatic carbocycles. The molecular formula is C12H23O4P. The van der Waals surface area contributed by atoms with Crippen LogP contribution in [0.3, 0.4) is 0 Å². The second-order valence-electron chi connectivity index (χ2n) is 4.15. The van der Waals surface area contributed by atoms with Crippen LogP contribution in [-0.2, 0) is 13.6 Å². The van der Waals surface area contributed by atoms with Crippen molar-refractivity contribution in [1.82, 2.24) is 0 Å². The lowest BCUT2D eigenvalue weighted by Crippen LogP contribution is -2.07. The minimum Gasteiger partial charge on any atom is -0.377 e. The van der Waals surface area contributed by atoms with Crippen LogP contribution in [0.2, 0.25) is 0 Å². The summed E-state index contributed by atoms with van der Waals surface area (Å²) in [5.74, 6) is -1.20. The van der Waals surface area contributed by atoms with Gasteiger partial charge >= 0.3 is 7.60 Å². The maximum Gasteiger partial charge on any atom is 0.362 e. The lowest BCUT2D eigenvalue weighted by molar-refractivity contribution is 0.200. The fraction of sp³-hybridized carbons (Fsp3) is 0.667. The molecular weight excluding hydrogens is 239 g/mol. The van der Waals surface area contributed by atoms with Crippen LogP contribution in [0.5, 0.6) is 0 Å². The fourth-order valence-corrected chi connectivity index (χ4v) is 2.33. The van der Waals surface area contributed by atoms with E-state index < -0.39 is 13.4 Å². The van der Waals surface area contributed by atoms with Gasteiger partial charge in [0, 0.05) is 14.2 Å². The zero-order valence-electron chi connectivity index (χ0n) is 11.3. The Morgan fingerprint density at radius 2 is 1.82 bits per heavy atom. The van der Waals surface area contributed by atoms with E-state index in [9.17, 15) is 9.67 Å². The van der Waals surface area contributed by atoms with Gasteiger partial charge < -0.3 is 14.2 Å².